The van der Waals surface area contributed by atoms with Crippen LogP contribution in [0.1, 0.15) is 26.3 Å². The topological polar surface area (TPSA) is 69.5 Å². The lowest BCUT2D eigenvalue weighted by Gasteiger charge is -2.36. The van der Waals surface area contributed by atoms with E-state index in [4.69, 9.17) is 10.00 Å². The van der Waals surface area contributed by atoms with Crippen molar-refractivity contribution in [2.24, 2.45) is 0 Å². The number of anilines is 1. The van der Waals surface area contributed by atoms with Crippen molar-refractivity contribution in [2.75, 3.05) is 31.1 Å². The van der Waals surface area contributed by atoms with E-state index in [-0.39, 0.29) is 6.09 Å². The molecule has 0 N–H and O–H groups in total. The first kappa shape index (κ1) is 17.0. The Morgan fingerprint density at radius 1 is 1.20 bits per heavy atom. The van der Waals surface area contributed by atoms with Crippen molar-refractivity contribution in [3.63, 3.8) is 0 Å². The number of nitriles is 1. The number of ether oxygens (including phenoxy) is 1. The third-order valence-electron chi connectivity index (χ3n) is 4.09. The minimum atomic E-state index is -0.472. The summed E-state index contributed by atoms with van der Waals surface area (Å²) in [6.45, 7) is 8.40. The predicted molar refractivity (Wildman–Crippen MR) is 96.5 cm³/mol. The molecule has 2 aromatic rings. The van der Waals surface area contributed by atoms with Crippen LogP contribution in [0.5, 0.6) is 0 Å². The molecule has 0 spiro atoms. The molecule has 0 radical (unpaired) electrons. The third-order valence-corrected chi connectivity index (χ3v) is 4.09. The Kier molecular flexibility index (Phi) is 4.49. The summed E-state index contributed by atoms with van der Waals surface area (Å²) in [5.41, 5.74) is 2.03. The number of fused-ring (bicyclic) bond motifs is 1. The summed E-state index contributed by atoms with van der Waals surface area (Å²) >= 11 is 0. The highest BCUT2D eigenvalue weighted by Gasteiger charge is 2.26. The zero-order chi connectivity index (χ0) is 18.0. The Morgan fingerprint density at radius 3 is 2.56 bits per heavy atom. The van der Waals surface area contributed by atoms with Gasteiger partial charge < -0.3 is 14.5 Å². The molecule has 2 heterocycles. The van der Waals surface area contributed by atoms with Crippen molar-refractivity contribution in [3.8, 4) is 6.07 Å². The van der Waals surface area contributed by atoms with E-state index in [0.717, 1.165) is 29.7 Å². The van der Waals surface area contributed by atoms with Crippen molar-refractivity contribution in [1.29, 1.82) is 5.26 Å². The van der Waals surface area contributed by atoms with Crippen LogP contribution < -0.4 is 4.90 Å². The van der Waals surface area contributed by atoms with Gasteiger partial charge >= 0.3 is 6.09 Å². The van der Waals surface area contributed by atoms with Crippen molar-refractivity contribution in [2.45, 2.75) is 26.4 Å². The summed E-state index contributed by atoms with van der Waals surface area (Å²) in [7, 11) is 0. The molecule has 1 aliphatic heterocycles. The minimum absolute atomic E-state index is 0.253. The molecule has 1 saturated heterocycles. The Morgan fingerprint density at radius 2 is 1.92 bits per heavy atom. The number of aromatic nitrogens is 1. The second-order valence-corrected chi connectivity index (χ2v) is 7.17. The number of hydrogen-bond acceptors (Lipinski definition) is 5. The molecule has 1 aromatic heterocycles. The lowest BCUT2D eigenvalue weighted by molar-refractivity contribution is 0.0240. The van der Waals surface area contributed by atoms with Crippen LogP contribution in [0.2, 0.25) is 0 Å². The number of pyridine rings is 1. The van der Waals surface area contributed by atoms with E-state index in [1.807, 2.05) is 45.0 Å². The van der Waals surface area contributed by atoms with E-state index in [9.17, 15) is 4.79 Å². The molecule has 0 atom stereocenters. The van der Waals surface area contributed by atoms with Crippen LogP contribution in [0.15, 0.2) is 30.5 Å². The molecule has 1 fully saturated rings. The largest absolute Gasteiger partial charge is 0.444 e. The molecule has 1 aromatic carbocycles. The third kappa shape index (κ3) is 4.00. The van der Waals surface area contributed by atoms with Gasteiger partial charge in [-0.3, -0.25) is 4.98 Å². The molecule has 1 amide bonds. The lowest BCUT2D eigenvalue weighted by Crippen LogP contribution is -2.50. The van der Waals surface area contributed by atoms with Crippen LogP contribution in [0.3, 0.4) is 0 Å². The van der Waals surface area contributed by atoms with Gasteiger partial charge in [0.15, 0.2) is 0 Å². The second kappa shape index (κ2) is 6.60. The van der Waals surface area contributed by atoms with Gasteiger partial charge in [0.1, 0.15) is 11.7 Å². The van der Waals surface area contributed by atoms with E-state index in [1.54, 1.807) is 11.1 Å². The number of piperazine rings is 1. The fourth-order valence-electron chi connectivity index (χ4n) is 2.84. The molecule has 0 unspecified atom stereocenters. The number of amides is 1. The molecule has 130 valence electrons. The maximum atomic E-state index is 12.1. The van der Waals surface area contributed by atoms with Gasteiger partial charge in [0, 0.05) is 43.4 Å². The number of benzene rings is 1. The fraction of sp³-hybridized carbons (Fsp3) is 0.421. The van der Waals surface area contributed by atoms with E-state index in [0.29, 0.717) is 18.7 Å². The molecule has 0 aliphatic carbocycles. The number of rotatable bonds is 1. The zero-order valence-corrected chi connectivity index (χ0v) is 14.8. The van der Waals surface area contributed by atoms with Gasteiger partial charge in [0.25, 0.3) is 0 Å². The van der Waals surface area contributed by atoms with Gasteiger partial charge in [-0.25, -0.2) is 4.79 Å². The molecule has 3 rings (SSSR count). The average Bonchev–Trinajstić information content (AvgIpc) is 2.59. The number of nitrogens with zero attached hydrogens (tertiary/aromatic N) is 4. The van der Waals surface area contributed by atoms with Gasteiger partial charge in [0.2, 0.25) is 0 Å². The van der Waals surface area contributed by atoms with E-state index >= 15 is 0 Å². The molecule has 0 bridgehead atoms. The van der Waals surface area contributed by atoms with Crippen LogP contribution in [0.25, 0.3) is 10.9 Å². The summed E-state index contributed by atoms with van der Waals surface area (Å²) in [6, 6.07) is 9.99. The summed E-state index contributed by atoms with van der Waals surface area (Å²) in [5, 5.41) is 9.91. The smallest absolute Gasteiger partial charge is 0.410 e. The first-order valence-electron chi connectivity index (χ1n) is 8.38. The second-order valence-electron chi connectivity index (χ2n) is 7.17. The Balaban J connectivity index is 1.68. The van der Waals surface area contributed by atoms with Gasteiger partial charge in [-0.1, -0.05) is 6.07 Å². The molecule has 6 nitrogen and oxygen atoms in total. The van der Waals surface area contributed by atoms with E-state index in [2.05, 4.69) is 16.0 Å². The SMILES string of the molecule is CC(C)(C)OC(=O)N1CCN(c2ccc3cc(C#N)cnc3c2)CC1. The van der Waals surface area contributed by atoms with Crippen LogP contribution in [-0.2, 0) is 4.74 Å². The average molecular weight is 338 g/mol. The normalized spacial score (nSPS) is 15.1. The molecule has 25 heavy (non-hydrogen) atoms. The van der Waals surface area contributed by atoms with Gasteiger partial charge in [-0.05, 0) is 39.0 Å². The van der Waals surface area contributed by atoms with E-state index < -0.39 is 5.60 Å². The first-order chi connectivity index (χ1) is 11.9. The van der Waals surface area contributed by atoms with Crippen LogP contribution in [-0.4, -0.2) is 47.8 Å². The van der Waals surface area contributed by atoms with Crippen molar-refractivity contribution < 1.29 is 9.53 Å². The highest BCUT2D eigenvalue weighted by atomic mass is 16.6. The predicted octanol–water partition coefficient (Wildman–Crippen LogP) is 3.16. The minimum Gasteiger partial charge on any atom is -0.444 e. The Bertz CT molecular complexity index is 827. The highest BCUT2D eigenvalue weighted by Crippen LogP contribution is 2.23. The van der Waals surface area contributed by atoms with E-state index in [1.165, 1.54) is 0 Å². The Hall–Kier alpha value is -2.81. The standard InChI is InChI=1S/C19H22N4O2/c1-19(2,3)25-18(24)23-8-6-22(7-9-23)16-5-4-15-10-14(12-20)13-21-17(15)11-16/h4-5,10-11,13H,6-9H2,1-3H3. The summed E-state index contributed by atoms with van der Waals surface area (Å²) in [6.07, 6.45) is 1.34. The lowest BCUT2D eigenvalue weighted by atomic mass is 10.1. The van der Waals surface area contributed by atoms with Gasteiger partial charge in [-0.15, -0.1) is 0 Å². The van der Waals surface area contributed by atoms with Crippen LogP contribution in [0, 0.1) is 11.3 Å². The number of carbonyl (C=O) groups is 1. The zero-order valence-electron chi connectivity index (χ0n) is 14.8. The van der Waals surface area contributed by atoms with Crippen molar-refractivity contribution >= 4 is 22.7 Å². The fourth-order valence-corrected chi connectivity index (χ4v) is 2.84. The number of carbonyl (C=O) groups excluding carboxylic acids is 1. The Labute approximate surface area is 147 Å². The maximum absolute atomic E-state index is 12.1. The molecule has 0 saturated carbocycles. The maximum Gasteiger partial charge on any atom is 0.410 e. The summed E-state index contributed by atoms with van der Waals surface area (Å²) in [5.74, 6) is 0. The molecular formula is C19H22N4O2. The molecule has 1 aliphatic rings. The first-order valence-corrected chi connectivity index (χ1v) is 8.38. The quantitative estimate of drug-likeness (QED) is 0.799. The molecule has 6 heteroatoms. The van der Waals surface area contributed by atoms with Crippen molar-refractivity contribution in [3.05, 3.63) is 36.0 Å². The summed E-state index contributed by atoms with van der Waals surface area (Å²) in [4.78, 5) is 20.5. The number of hydrogen-bond donors (Lipinski definition) is 0. The van der Waals surface area contributed by atoms with Crippen molar-refractivity contribution in [1.82, 2.24) is 9.88 Å². The van der Waals surface area contributed by atoms with Gasteiger partial charge in [0.05, 0.1) is 11.1 Å². The highest BCUT2D eigenvalue weighted by molar-refractivity contribution is 5.83. The molecular weight excluding hydrogens is 316 g/mol. The van der Waals surface area contributed by atoms with Crippen LogP contribution >= 0.6 is 0 Å². The summed E-state index contributed by atoms with van der Waals surface area (Å²) < 4.78 is 5.43. The monoisotopic (exact) mass is 338 g/mol. The van der Waals surface area contributed by atoms with Gasteiger partial charge in [-0.2, -0.15) is 5.26 Å². The van der Waals surface area contributed by atoms with Crippen LogP contribution in [0.4, 0.5) is 10.5 Å².